The van der Waals surface area contributed by atoms with E-state index in [0.29, 0.717) is 10.6 Å². The Morgan fingerprint density at radius 1 is 1.38 bits per heavy atom. The molecule has 1 unspecified atom stereocenters. The second-order valence-electron chi connectivity index (χ2n) is 2.58. The lowest BCUT2D eigenvalue weighted by Gasteiger charge is -2.08. The number of hydrogen-bond donors (Lipinski definition) is 1. The van der Waals surface area contributed by atoms with Gasteiger partial charge in [-0.1, -0.05) is 23.2 Å². The van der Waals surface area contributed by atoms with Gasteiger partial charge in [0.2, 0.25) is 0 Å². The molecule has 74 valence electrons. The highest BCUT2D eigenvalue weighted by molar-refractivity contribution is 6.34. The van der Waals surface area contributed by atoms with Crippen molar-refractivity contribution in [2.75, 3.05) is 0 Å². The maximum absolute atomic E-state index is 13.2. The van der Waals surface area contributed by atoms with Gasteiger partial charge in [-0.05, 0) is 19.1 Å². The Bertz CT molecular complexity index is 302. The average molecular weight is 245 g/mol. The minimum Gasteiger partial charge on any atom is -0.324 e. The van der Waals surface area contributed by atoms with Gasteiger partial charge in [0, 0.05) is 16.6 Å². The van der Waals surface area contributed by atoms with Gasteiger partial charge >= 0.3 is 0 Å². The average Bonchev–Trinajstić information content (AvgIpc) is 1.96. The fraction of sp³-hybridized carbons (Fsp3) is 0.250. The largest absolute Gasteiger partial charge is 0.324 e. The van der Waals surface area contributed by atoms with Crippen LogP contribution in [0.5, 0.6) is 0 Å². The molecule has 0 aromatic heterocycles. The van der Waals surface area contributed by atoms with Crippen molar-refractivity contribution >= 4 is 35.6 Å². The van der Waals surface area contributed by atoms with Gasteiger partial charge in [-0.25, -0.2) is 4.39 Å². The minimum atomic E-state index is -0.490. The van der Waals surface area contributed by atoms with Crippen LogP contribution in [0.3, 0.4) is 0 Å². The zero-order chi connectivity index (χ0) is 9.30. The van der Waals surface area contributed by atoms with Crippen LogP contribution in [-0.4, -0.2) is 0 Å². The molecule has 0 aliphatic carbocycles. The van der Waals surface area contributed by atoms with Crippen molar-refractivity contribution in [3.63, 3.8) is 0 Å². The smallest absolute Gasteiger partial charge is 0.146 e. The molecular formula is C8H9Cl3FN. The summed E-state index contributed by atoms with van der Waals surface area (Å²) in [6.45, 7) is 1.67. The number of nitrogens with two attached hydrogens (primary N) is 1. The van der Waals surface area contributed by atoms with Gasteiger partial charge in [-0.15, -0.1) is 12.4 Å². The summed E-state index contributed by atoms with van der Waals surface area (Å²) < 4.78 is 13.2. The van der Waals surface area contributed by atoms with Gasteiger partial charge in [0.15, 0.2) is 0 Å². The van der Waals surface area contributed by atoms with Crippen LogP contribution in [0.15, 0.2) is 12.1 Å². The Hall–Kier alpha value is -0.0200. The second kappa shape index (κ2) is 5.01. The Morgan fingerprint density at radius 2 is 1.92 bits per heavy atom. The molecule has 1 atom stereocenters. The molecule has 1 aromatic rings. The molecule has 0 fully saturated rings. The first-order valence-corrected chi connectivity index (χ1v) is 4.18. The summed E-state index contributed by atoms with van der Waals surface area (Å²) in [5.74, 6) is -0.490. The highest BCUT2D eigenvalue weighted by Gasteiger charge is 2.11. The van der Waals surface area contributed by atoms with E-state index >= 15 is 0 Å². The van der Waals surface area contributed by atoms with Crippen LogP contribution in [0.2, 0.25) is 10.0 Å². The molecule has 0 radical (unpaired) electrons. The van der Waals surface area contributed by atoms with Crippen LogP contribution in [0.4, 0.5) is 4.39 Å². The lowest BCUT2D eigenvalue weighted by molar-refractivity contribution is 0.594. The number of hydrogen-bond acceptors (Lipinski definition) is 1. The fourth-order valence-corrected chi connectivity index (χ4v) is 1.42. The zero-order valence-electron chi connectivity index (χ0n) is 6.85. The molecule has 1 rings (SSSR count). The van der Waals surface area contributed by atoms with Crippen LogP contribution in [0, 0.1) is 5.82 Å². The molecule has 2 N–H and O–H groups in total. The molecule has 0 amide bonds. The highest BCUT2D eigenvalue weighted by Crippen LogP contribution is 2.26. The van der Waals surface area contributed by atoms with Crippen LogP contribution in [0.1, 0.15) is 18.5 Å². The number of benzene rings is 1. The Balaban J connectivity index is 0.00000144. The lowest BCUT2D eigenvalue weighted by Crippen LogP contribution is -2.07. The number of halogens is 4. The van der Waals surface area contributed by atoms with Crippen molar-refractivity contribution in [3.05, 3.63) is 33.6 Å². The molecule has 1 aromatic carbocycles. The standard InChI is InChI=1S/C8H8Cl2FN.ClH/c1-4(12)6-2-5(9)3-7(10)8(6)11;/h2-4H,12H2,1H3;1H. The Morgan fingerprint density at radius 3 is 2.38 bits per heavy atom. The first-order valence-electron chi connectivity index (χ1n) is 3.42. The van der Waals surface area contributed by atoms with E-state index in [4.69, 9.17) is 28.9 Å². The second-order valence-corrected chi connectivity index (χ2v) is 3.42. The molecule has 0 aliphatic rings. The molecule has 0 aliphatic heterocycles. The van der Waals surface area contributed by atoms with Crippen molar-refractivity contribution in [1.82, 2.24) is 0 Å². The summed E-state index contributed by atoms with van der Waals surface area (Å²) in [6.07, 6.45) is 0. The third-order valence-electron chi connectivity index (χ3n) is 1.51. The summed E-state index contributed by atoms with van der Waals surface area (Å²) in [4.78, 5) is 0. The van der Waals surface area contributed by atoms with Gasteiger partial charge in [0.05, 0.1) is 5.02 Å². The maximum Gasteiger partial charge on any atom is 0.146 e. The molecular weight excluding hydrogens is 235 g/mol. The molecule has 5 heteroatoms. The summed E-state index contributed by atoms with van der Waals surface area (Å²) >= 11 is 11.2. The molecule has 0 saturated heterocycles. The maximum atomic E-state index is 13.2. The Labute approximate surface area is 92.4 Å². The number of rotatable bonds is 1. The SMILES string of the molecule is CC(N)c1cc(Cl)cc(Cl)c1F.Cl. The van der Waals surface area contributed by atoms with E-state index in [2.05, 4.69) is 0 Å². The van der Waals surface area contributed by atoms with Crippen molar-refractivity contribution in [2.24, 2.45) is 5.73 Å². The summed E-state index contributed by atoms with van der Waals surface area (Å²) in [7, 11) is 0. The van der Waals surface area contributed by atoms with Gasteiger partial charge in [0.25, 0.3) is 0 Å². The third kappa shape index (κ3) is 2.99. The van der Waals surface area contributed by atoms with Gasteiger partial charge in [-0.2, -0.15) is 0 Å². The predicted octanol–water partition coefficient (Wildman–Crippen LogP) is 3.57. The first-order chi connectivity index (χ1) is 5.52. The van der Waals surface area contributed by atoms with E-state index in [-0.39, 0.29) is 17.4 Å². The van der Waals surface area contributed by atoms with Gasteiger partial charge in [-0.3, -0.25) is 0 Å². The third-order valence-corrected chi connectivity index (χ3v) is 2.00. The van der Waals surface area contributed by atoms with Crippen LogP contribution >= 0.6 is 35.6 Å². The summed E-state index contributed by atoms with van der Waals surface area (Å²) in [6, 6.07) is 2.43. The molecule has 0 spiro atoms. The van der Waals surface area contributed by atoms with E-state index in [9.17, 15) is 4.39 Å². The quantitative estimate of drug-likeness (QED) is 0.751. The highest BCUT2D eigenvalue weighted by atomic mass is 35.5. The Kier molecular flexibility index (Phi) is 5.00. The summed E-state index contributed by atoms with van der Waals surface area (Å²) in [5.41, 5.74) is 5.84. The van der Waals surface area contributed by atoms with Gasteiger partial charge in [0.1, 0.15) is 5.82 Å². The van der Waals surface area contributed by atoms with Crippen molar-refractivity contribution in [2.45, 2.75) is 13.0 Å². The predicted molar refractivity (Wildman–Crippen MR) is 56.3 cm³/mol. The topological polar surface area (TPSA) is 26.0 Å². The van der Waals surface area contributed by atoms with Crippen molar-refractivity contribution in [3.8, 4) is 0 Å². The molecule has 13 heavy (non-hydrogen) atoms. The van der Waals surface area contributed by atoms with Gasteiger partial charge < -0.3 is 5.73 Å². The molecule has 0 saturated carbocycles. The first kappa shape index (κ1) is 13.0. The summed E-state index contributed by atoms with van der Waals surface area (Å²) in [5, 5.41) is 0.406. The lowest BCUT2D eigenvalue weighted by atomic mass is 10.1. The minimum absolute atomic E-state index is 0. The monoisotopic (exact) mass is 243 g/mol. The molecule has 0 heterocycles. The van der Waals surface area contributed by atoms with E-state index in [1.807, 2.05) is 0 Å². The molecule has 0 bridgehead atoms. The zero-order valence-corrected chi connectivity index (χ0v) is 9.18. The van der Waals surface area contributed by atoms with Crippen LogP contribution in [-0.2, 0) is 0 Å². The fourth-order valence-electron chi connectivity index (χ4n) is 0.907. The van der Waals surface area contributed by atoms with E-state index < -0.39 is 11.9 Å². The van der Waals surface area contributed by atoms with Crippen molar-refractivity contribution < 1.29 is 4.39 Å². The van der Waals surface area contributed by atoms with Crippen molar-refractivity contribution in [1.29, 1.82) is 0 Å². The molecule has 1 nitrogen and oxygen atoms in total. The van der Waals surface area contributed by atoms with E-state index in [1.54, 1.807) is 6.92 Å². The van der Waals surface area contributed by atoms with E-state index in [0.717, 1.165) is 0 Å². The van der Waals surface area contributed by atoms with Crippen LogP contribution in [0.25, 0.3) is 0 Å². The van der Waals surface area contributed by atoms with E-state index in [1.165, 1.54) is 12.1 Å². The normalized spacial score (nSPS) is 12.1. The van der Waals surface area contributed by atoms with Crippen LogP contribution < -0.4 is 5.73 Å².